The second-order valence-electron chi connectivity index (χ2n) is 5.65. The van der Waals surface area contributed by atoms with Crippen LogP contribution in [0.25, 0.3) is 0 Å². The van der Waals surface area contributed by atoms with Crippen LogP contribution in [0.4, 0.5) is 5.69 Å². The fraction of sp³-hybridized carbons (Fsp3) is 0.263. The lowest BCUT2D eigenvalue weighted by Gasteiger charge is -2.46. The topological polar surface area (TPSA) is 65.1 Å². The molecule has 0 spiro atoms. The van der Waals surface area contributed by atoms with E-state index in [0.717, 1.165) is 17.0 Å². The molecule has 0 saturated carbocycles. The molecular formula is C19H19NO5. The van der Waals surface area contributed by atoms with E-state index in [0.29, 0.717) is 5.75 Å². The van der Waals surface area contributed by atoms with Gasteiger partial charge in [-0.3, -0.25) is 14.5 Å². The molecule has 6 nitrogen and oxygen atoms in total. The van der Waals surface area contributed by atoms with Crippen LogP contribution >= 0.6 is 0 Å². The monoisotopic (exact) mass is 341 g/mol. The minimum Gasteiger partial charge on any atom is -0.497 e. The Morgan fingerprint density at radius 3 is 1.92 bits per heavy atom. The second kappa shape index (κ2) is 6.84. The molecule has 2 aromatic rings. The van der Waals surface area contributed by atoms with Gasteiger partial charge < -0.3 is 14.2 Å². The molecule has 0 unspecified atom stereocenters. The van der Waals surface area contributed by atoms with Gasteiger partial charge in [0.25, 0.3) is 5.91 Å². The maximum Gasteiger partial charge on any atom is 0.303 e. The van der Waals surface area contributed by atoms with Crippen molar-refractivity contribution in [1.29, 1.82) is 0 Å². The Labute approximate surface area is 145 Å². The van der Waals surface area contributed by atoms with Crippen molar-refractivity contribution in [3.63, 3.8) is 0 Å². The quantitative estimate of drug-likeness (QED) is 0.618. The number of hydrogen-bond acceptors (Lipinski definition) is 5. The first-order valence-corrected chi connectivity index (χ1v) is 7.83. The van der Waals surface area contributed by atoms with Crippen molar-refractivity contribution >= 4 is 17.6 Å². The van der Waals surface area contributed by atoms with E-state index in [1.54, 1.807) is 43.4 Å². The molecule has 1 aliphatic heterocycles. The van der Waals surface area contributed by atoms with Crippen molar-refractivity contribution in [1.82, 2.24) is 0 Å². The molecule has 0 bridgehead atoms. The number of carbonyl (C=O) groups excluding carboxylic acids is 2. The van der Waals surface area contributed by atoms with Gasteiger partial charge in [0.05, 0.1) is 14.2 Å². The third kappa shape index (κ3) is 3.15. The molecule has 1 fully saturated rings. The molecule has 2 aromatic carbocycles. The zero-order chi connectivity index (χ0) is 18.0. The van der Waals surface area contributed by atoms with Crippen LogP contribution < -0.4 is 14.4 Å². The standard InChI is InChI=1S/C19H19NO5/c1-12(21)25-18-17(13-4-8-15(23-2)9-5-13)20(19(18)22)14-6-10-16(24-3)11-7-14/h4-11,17-18H,1-3H3/t17-,18+/m0/s1. The van der Waals surface area contributed by atoms with Gasteiger partial charge in [-0.25, -0.2) is 0 Å². The summed E-state index contributed by atoms with van der Waals surface area (Å²) < 4.78 is 15.6. The smallest absolute Gasteiger partial charge is 0.303 e. The predicted octanol–water partition coefficient (Wildman–Crippen LogP) is 2.72. The minimum absolute atomic E-state index is 0.249. The number of amides is 1. The van der Waals surface area contributed by atoms with Crippen molar-refractivity contribution in [3.8, 4) is 11.5 Å². The fourth-order valence-electron chi connectivity index (χ4n) is 2.91. The summed E-state index contributed by atoms with van der Waals surface area (Å²) in [4.78, 5) is 25.5. The van der Waals surface area contributed by atoms with Crippen molar-refractivity contribution in [3.05, 3.63) is 54.1 Å². The summed E-state index contributed by atoms with van der Waals surface area (Å²) in [6.45, 7) is 1.30. The van der Waals surface area contributed by atoms with Gasteiger partial charge in [0.15, 0.2) is 0 Å². The highest BCUT2D eigenvalue weighted by atomic mass is 16.6. The lowest BCUT2D eigenvalue weighted by molar-refractivity contribution is -0.160. The summed E-state index contributed by atoms with van der Waals surface area (Å²) in [5.74, 6) is 0.691. The molecule has 0 radical (unpaired) electrons. The zero-order valence-corrected chi connectivity index (χ0v) is 14.3. The van der Waals surface area contributed by atoms with Crippen LogP contribution in [0.15, 0.2) is 48.5 Å². The molecule has 6 heteroatoms. The summed E-state index contributed by atoms with van der Waals surface area (Å²) in [5.41, 5.74) is 1.58. The molecule has 0 N–H and O–H groups in total. The molecule has 1 saturated heterocycles. The van der Waals surface area contributed by atoms with Gasteiger partial charge in [0, 0.05) is 12.6 Å². The Morgan fingerprint density at radius 1 is 0.920 bits per heavy atom. The SMILES string of the molecule is COc1ccc([C@H]2[C@@H](OC(C)=O)C(=O)N2c2ccc(OC)cc2)cc1. The first-order chi connectivity index (χ1) is 12.0. The van der Waals surface area contributed by atoms with Crippen molar-refractivity contribution in [2.45, 2.75) is 19.1 Å². The maximum atomic E-state index is 12.6. The van der Waals surface area contributed by atoms with Crippen molar-refractivity contribution < 1.29 is 23.8 Å². The number of carbonyl (C=O) groups is 2. The van der Waals surface area contributed by atoms with E-state index in [4.69, 9.17) is 14.2 Å². The van der Waals surface area contributed by atoms with Crippen LogP contribution in [0, 0.1) is 0 Å². The average molecular weight is 341 g/mol. The largest absolute Gasteiger partial charge is 0.497 e. The molecule has 3 rings (SSSR count). The van der Waals surface area contributed by atoms with Crippen molar-refractivity contribution in [2.24, 2.45) is 0 Å². The molecule has 1 aliphatic rings. The molecule has 0 aliphatic carbocycles. The Bertz CT molecular complexity index is 769. The van der Waals surface area contributed by atoms with Crippen LogP contribution in [0.5, 0.6) is 11.5 Å². The summed E-state index contributed by atoms with van der Waals surface area (Å²) in [7, 11) is 3.17. The van der Waals surface area contributed by atoms with Crippen LogP contribution in [0.3, 0.4) is 0 Å². The first-order valence-electron chi connectivity index (χ1n) is 7.83. The third-order valence-corrected chi connectivity index (χ3v) is 4.15. The Morgan fingerprint density at radius 2 is 1.44 bits per heavy atom. The maximum absolute atomic E-state index is 12.6. The predicted molar refractivity (Wildman–Crippen MR) is 91.8 cm³/mol. The lowest BCUT2D eigenvalue weighted by atomic mass is 9.89. The molecule has 2 atom stereocenters. The highest BCUT2D eigenvalue weighted by Gasteiger charge is 2.51. The van der Waals surface area contributed by atoms with Crippen LogP contribution in [0.1, 0.15) is 18.5 Å². The number of nitrogens with zero attached hydrogens (tertiary/aromatic N) is 1. The van der Waals surface area contributed by atoms with Crippen LogP contribution in [0.2, 0.25) is 0 Å². The number of methoxy groups -OCH3 is 2. The van der Waals surface area contributed by atoms with E-state index in [2.05, 4.69) is 0 Å². The van der Waals surface area contributed by atoms with Gasteiger partial charge in [-0.15, -0.1) is 0 Å². The number of ether oxygens (including phenoxy) is 3. The molecular weight excluding hydrogens is 322 g/mol. The number of anilines is 1. The summed E-state index contributed by atoms with van der Waals surface area (Å²) >= 11 is 0. The minimum atomic E-state index is -0.826. The normalized spacial score (nSPS) is 19.2. The zero-order valence-electron chi connectivity index (χ0n) is 14.3. The number of β-lactam (4-membered cyclic amide) rings is 1. The molecule has 1 heterocycles. The van der Waals surface area contributed by atoms with Gasteiger partial charge in [0.1, 0.15) is 17.5 Å². The summed E-state index contributed by atoms with van der Waals surface area (Å²) in [5, 5.41) is 0. The van der Waals surface area contributed by atoms with E-state index in [9.17, 15) is 9.59 Å². The highest BCUT2D eigenvalue weighted by molar-refractivity contribution is 6.06. The van der Waals surface area contributed by atoms with Crippen LogP contribution in [-0.2, 0) is 14.3 Å². The Kier molecular flexibility index (Phi) is 4.61. The third-order valence-electron chi connectivity index (χ3n) is 4.15. The van der Waals surface area contributed by atoms with Crippen LogP contribution in [-0.4, -0.2) is 32.2 Å². The van der Waals surface area contributed by atoms with Gasteiger partial charge in [0.2, 0.25) is 6.10 Å². The van der Waals surface area contributed by atoms with E-state index in [-0.39, 0.29) is 11.9 Å². The molecule has 25 heavy (non-hydrogen) atoms. The Hall–Kier alpha value is -3.02. The van der Waals surface area contributed by atoms with E-state index < -0.39 is 12.1 Å². The van der Waals surface area contributed by atoms with E-state index in [1.807, 2.05) is 24.3 Å². The first kappa shape index (κ1) is 16.8. The number of esters is 1. The molecule has 130 valence electrons. The average Bonchev–Trinajstić information content (AvgIpc) is 2.64. The number of hydrogen-bond donors (Lipinski definition) is 0. The van der Waals surface area contributed by atoms with E-state index in [1.165, 1.54) is 6.92 Å². The van der Waals surface area contributed by atoms with Gasteiger partial charge in [-0.05, 0) is 42.0 Å². The van der Waals surface area contributed by atoms with E-state index >= 15 is 0 Å². The number of rotatable bonds is 5. The molecule has 1 amide bonds. The number of benzene rings is 2. The van der Waals surface area contributed by atoms with Gasteiger partial charge in [-0.1, -0.05) is 12.1 Å². The van der Waals surface area contributed by atoms with Gasteiger partial charge in [-0.2, -0.15) is 0 Å². The highest BCUT2D eigenvalue weighted by Crippen LogP contribution is 2.41. The Balaban J connectivity index is 1.94. The summed E-state index contributed by atoms with van der Waals surface area (Å²) in [6.07, 6.45) is -0.826. The summed E-state index contributed by atoms with van der Waals surface area (Å²) in [6, 6.07) is 14.2. The van der Waals surface area contributed by atoms with Crippen molar-refractivity contribution in [2.75, 3.05) is 19.1 Å². The molecule has 0 aromatic heterocycles. The fourth-order valence-corrected chi connectivity index (χ4v) is 2.91. The lowest BCUT2D eigenvalue weighted by Crippen LogP contribution is -2.60. The second-order valence-corrected chi connectivity index (χ2v) is 5.65. The van der Waals surface area contributed by atoms with Gasteiger partial charge >= 0.3 is 5.97 Å².